The third kappa shape index (κ3) is 2.61. The van der Waals surface area contributed by atoms with Crippen molar-refractivity contribution in [3.63, 3.8) is 0 Å². The van der Waals surface area contributed by atoms with Gasteiger partial charge in [-0.3, -0.25) is 0 Å². The molecule has 0 fully saturated rings. The third-order valence-electron chi connectivity index (χ3n) is 3.86. The maximum Gasteiger partial charge on any atom is 0.203 e. The lowest BCUT2D eigenvalue weighted by molar-refractivity contribution is 0.576. The average molecular weight is 332 g/mol. The number of benzene rings is 2. The Kier molecular flexibility index (Phi) is 3.68. The van der Waals surface area contributed by atoms with Gasteiger partial charge < -0.3 is 0 Å². The van der Waals surface area contributed by atoms with Crippen LogP contribution >= 0.6 is 0 Å². The summed E-state index contributed by atoms with van der Waals surface area (Å²) in [6.07, 6.45) is 2.58. The zero-order valence-electron chi connectivity index (χ0n) is 12.6. The maximum absolute atomic E-state index is 14.4. The van der Waals surface area contributed by atoms with Gasteiger partial charge in [-0.2, -0.15) is 0 Å². The highest BCUT2D eigenvalue weighted by Gasteiger charge is 2.30. The molecule has 0 N–H and O–H groups in total. The van der Waals surface area contributed by atoms with E-state index in [-0.39, 0.29) is 9.81 Å². The standard InChI is InChI=1S/C18H14F2O2S/c1-11-3-6-13(7-4-11)14-9-15(19)18(16(20)10-14)17-8-5-12(2)23(17,21)22/h3-10H,1-2H3. The van der Waals surface area contributed by atoms with Crippen LogP contribution in [-0.4, -0.2) is 8.42 Å². The third-order valence-corrected chi connectivity index (χ3v) is 5.76. The van der Waals surface area contributed by atoms with E-state index in [2.05, 4.69) is 0 Å². The van der Waals surface area contributed by atoms with Crippen LogP contribution < -0.4 is 0 Å². The summed E-state index contributed by atoms with van der Waals surface area (Å²) in [6.45, 7) is 3.32. The van der Waals surface area contributed by atoms with Crippen molar-refractivity contribution in [2.75, 3.05) is 0 Å². The second-order valence-corrected chi connectivity index (χ2v) is 7.58. The first-order valence-corrected chi connectivity index (χ1v) is 8.49. The molecule has 2 aromatic carbocycles. The minimum atomic E-state index is -3.80. The molecule has 0 radical (unpaired) electrons. The molecule has 5 heteroatoms. The molecule has 0 unspecified atom stereocenters. The smallest absolute Gasteiger partial charge is 0.203 e. The van der Waals surface area contributed by atoms with Gasteiger partial charge in [0.25, 0.3) is 0 Å². The van der Waals surface area contributed by atoms with E-state index in [1.165, 1.54) is 19.1 Å². The van der Waals surface area contributed by atoms with Gasteiger partial charge in [0.05, 0.1) is 10.5 Å². The number of hydrogen-bond donors (Lipinski definition) is 0. The highest BCUT2D eigenvalue weighted by molar-refractivity contribution is 8.04. The van der Waals surface area contributed by atoms with Crippen LogP contribution in [0.15, 0.2) is 53.5 Å². The predicted octanol–water partition coefficient (Wildman–Crippen LogP) is 4.61. The van der Waals surface area contributed by atoms with Crippen molar-refractivity contribution in [2.45, 2.75) is 13.8 Å². The molecule has 0 amide bonds. The van der Waals surface area contributed by atoms with E-state index in [0.717, 1.165) is 17.7 Å². The van der Waals surface area contributed by atoms with E-state index in [4.69, 9.17) is 0 Å². The molecular formula is C18H14F2O2S. The topological polar surface area (TPSA) is 34.1 Å². The number of allylic oxidation sites excluding steroid dienone is 3. The van der Waals surface area contributed by atoms with Crippen molar-refractivity contribution < 1.29 is 17.2 Å². The van der Waals surface area contributed by atoms with E-state index in [0.29, 0.717) is 11.1 Å². The molecule has 118 valence electrons. The summed E-state index contributed by atoms with van der Waals surface area (Å²) in [5.41, 5.74) is 1.56. The van der Waals surface area contributed by atoms with Gasteiger partial charge in [-0.05, 0) is 49.3 Å². The monoisotopic (exact) mass is 332 g/mol. The van der Waals surface area contributed by atoms with Crippen molar-refractivity contribution in [1.82, 2.24) is 0 Å². The number of sulfone groups is 1. The SMILES string of the molecule is CC1=CC=C(c2c(F)cc(-c3ccc(C)cc3)cc2F)S1(=O)=O. The number of aryl methyl sites for hydroxylation is 1. The van der Waals surface area contributed by atoms with Crippen molar-refractivity contribution in [3.8, 4) is 11.1 Å². The van der Waals surface area contributed by atoms with E-state index < -0.39 is 27.0 Å². The fraction of sp³-hybridized carbons (Fsp3) is 0.111. The van der Waals surface area contributed by atoms with E-state index >= 15 is 0 Å². The molecule has 0 spiro atoms. The molecule has 23 heavy (non-hydrogen) atoms. The highest BCUT2D eigenvalue weighted by Crippen LogP contribution is 2.36. The Morgan fingerprint density at radius 2 is 1.39 bits per heavy atom. The van der Waals surface area contributed by atoms with Crippen LogP contribution in [0.1, 0.15) is 18.1 Å². The summed E-state index contributed by atoms with van der Waals surface area (Å²) in [4.78, 5) is -0.255. The van der Waals surface area contributed by atoms with Crippen molar-refractivity contribution in [2.24, 2.45) is 0 Å². The Bertz CT molecular complexity index is 930. The molecule has 1 heterocycles. The first kappa shape index (κ1) is 15.6. The van der Waals surface area contributed by atoms with Gasteiger partial charge >= 0.3 is 0 Å². The summed E-state index contributed by atoms with van der Waals surface area (Å²) in [5, 5.41) is 0. The molecule has 0 atom stereocenters. The van der Waals surface area contributed by atoms with Crippen LogP contribution in [0.3, 0.4) is 0 Å². The summed E-state index contributed by atoms with van der Waals surface area (Å²) in [6, 6.07) is 9.54. The van der Waals surface area contributed by atoms with Gasteiger partial charge in [0.15, 0.2) is 0 Å². The lowest BCUT2D eigenvalue weighted by atomic mass is 10.0. The lowest BCUT2D eigenvalue weighted by Gasteiger charge is -2.10. The Morgan fingerprint density at radius 3 is 1.87 bits per heavy atom. The zero-order valence-corrected chi connectivity index (χ0v) is 13.4. The first-order chi connectivity index (χ1) is 10.8. The van der Waals surface area contributed by atoms with Crippen molar-refractivity contribution in [3.05, 3.63) is 76.2 Å². The zero-order chi connectivity index (χ0) is 16.8. The van der Waals surface area contributed by atoms with E-state index in [1.54, 1.807) is 12.1 Å². The fourth-order valence-corrected chi connectivity index (χ4v) is 3.79. The minimum Gasteiger partial charge on any atom is -0.219 e. The number of hydrogen-bond acceptors (Lipinski definition) is 2. The van der Waals surface area contributed by atoms with E-state index in [1.807, 2.05) is 19.1 Å². The Hall–Kier alpha value is -2.27. The van der Waals surface area contributed by atoms with Gasteiger partial charge in [0.1, 0.15) is 11.6 Å². The van der Waals surface area contributed by atoms with Crippen LogP contribution in [0.5, 0.6) is 0 Å². The highest BCUT2D eigenvalue weighted by atomic mass is 32.2. The summed E-state index contributed by atoms with van der Waals surface area (Å²) < 4.78 is 53.1. The second kappa shape index (κ2) is 5.42. The van der Waals surface area contributed by atoms with Crippen LogP contribution in [-0.2, 0) is 9.84 Å². The minimum absolute atomic E-state index is 0.0777. The quantitative estimate of drug-likeness (QED) is 0.804. The molecule has 1 aliphatic rings. The van der Waals surface area contributed by atoms with Gasteiger partial charge in [0, 0.05) is 4.91 Å². The van der Waals surface area contributed by atoms with Crippen LogP contribution in [0.25, 0.3) is 16.0 Å². The van der Waals surface area contributed by atoms with Gasteiger partial charge in [-0.25, -0.2) is 17.2 Å². The van der Waals surface area contributed by atoms with Gasteiger partial charge in [0.2, 0.25) is 9.84 Å². The molecular weight excluding hydrogens is 318 g/mol. The first-order valence-electron chi connectivity index (χ1n) is 7.01. The summed E-state index contributed by atoms with van der Waals surface area (Å²) >= 11 is 0. The summed E-state index contributed by atoms with van der Waals surface area (Å²) in [7, 11) is -3.80. The van der Waals surface area contributed by atoms with Crippen LogP contribution in [0.2, 0.25) is 0 Å². The van der Waals surface area contributed by atoms with E-state index in [9.17, 15) is 17.2 Å². The molecule has 0 aliphatic carbocycles. The average Bonchev–Trinajstić information content (AvgIpc) is 2.74. The molecule has 1 aliphatic heterocycles. The lowest BCUT2D eigenvalue weighted by Crippen LogP contribution is -2.05. The number of halogens is 2. The van der Waals surface area contributed by atoms with Crippen LogP contribution in [0.4, 0.5) is 8.78 Å². The summed E-state index contributed by atoms with van der Waals surface area (Å²) in [5.74, 6) is -1.78. The second-order valence-electron chi connectivity index (χ2n) is 5.49. The molecule has 0 bridgehead atoms. The fourth-order valence-electron chi connectivity index (χ4n) is 2.48. The van der Waals surface area contributed by atoms with Crippen LogP contribution in [0, 0.1) is 18.6 Å². The molecule has 0 saturated heterocycles. The van der Waals surface area contributed by atoms with Gasteiger partial charge in [-0.1, -0.05) is 29.8 Å². The predicted molar refractivity (Wildman–Crippen MR) is 87.2 cm³/mol. The Labute approximate surface area is 133 Å². The Morgan fingerprint density at radius 1 is 0.826 bits per heavy atom. The van der Waals surface area contributed by atoms with Crippen molar-refractivity contribution >= 4 is 14.7 Å². The maximum atomic E-state index is 14.4. The molecule has 0 aromatic heterocycles. The van der Waals surface area contributed by atoms with Gasteiger partial charge in [-0.15, -0.1) is 0 Å². The molecule has 2 nitrogen and oxygen atoms in total. The molecule has 2 aromatic rings. The molecule has 0 saturated carbocycles. The van der Waals surface area contributed by atoms with Crippen molar-refractivity contribution in [1.29, 1.82) is 0 Å². The Balaban J connectivity index is 2.11. The largest absolute Gasteiger partial charge is 0.219 e. The normalized spacial score (nSPS) is 16.2. The number of rotatable bonds is 2. The molecule has 3 rings (SSSR count).